The van der Waals surface area contributed by atoms with Gasteiger partial charge in [0.2, 0.25) is 5.95 Å². The number of anilines is 1. The van der Waals surface area contributed by atoms with Crippen LogP contribution < -0.4 is 5.32 Å². The first-order chi connectivity index (χ1) is 8.79. The van der Waals surface area contributed by atoms with Gasteiger partial charge in [0.15, 0.2) is 0 Å². The van der Waals surface area contributed by atoms with Gasteiger partial charge in [0.1, 0.15) is 0 Å². The van der Waals surface area contributed by atoms with Gasteiger partial charge in [0.25, 0.3) is 0 Å². The molecule has 0 radical (unpaired) electrons. The third-order valence-corrected chi connectivity index (χ3v) is 2.70. The number of ether oxygens (including phenoxy) is 1. The fourth-order valence-electron chi connectivity index (χ4n) is 1.87. The van der Waals surface area contributed by atoms with Crippen LogP contribution in [0.4, 0.5) is 5.95 Å². The Balaban J connectivity index is 2.04. The summed E-state index contributed by atoms with van der Waals surface area (Å²) in [6, 6.07) is 10.6. The highest BCUT2D eigenvalue weighted by Crippen LogP contribution is 2.10. The SMILES string of the molecule is COCC(C)Nc1nccn1Cc1ccccc1. The Labute approximate surface area is 108 Å². The Morgan fingerprint density at radius 2 is 2.11 bits per heavy atom. The van der Waals surface area contributed by atoms with Gasteiger partial charge in [-0.25, -0.2) is 4.98 Å². The lowest BCUT2D eigenvalue weighted by Gasteiger charge is -2.15. The van der Waals surface area contributed by atoms with Gasteiger partial charge in [-0.3, -0.25) is 0 Å². The van der Waals surface area contributed by atoms with E-state index in [2.05, 4.69) is 33.9 Å². The first-order valence-electron chi connectivity index (χ1n) is 6.10. The van der Waals surface area contributed by atoms with Crippen molar-refractivity contribution in [2.24, 2.45) is 0 Å². The Kier molecular flexibility index (Phi) is 4.36. The zero-order chi connectivity index (χ0) is 12.8. The molecule has 0 saturated heterocycles. The molecule has 1 heterocycles. The van der Waals surface area contributed by atoms with Gasteiger partial charge in [-0.1, -0.05) is 30.3 Å². The summed E-state index contributed by atoms with van der Waals surface area (Å²) in [5.74, 6) is 0.878. The number of aromatic nitrogens is 2. The number of rotatable bonds is 6. The van der Waals surface area contributed by atoms with Gasteiger partial charge >= 0.3 is 0 Å². The molecular formula is C14H19N3O. The van der Waals surface area contributed by atoms with Crippen LogP contribution in [0.3, 0.4) is 0 Å². The minimum Gasteiger partial charge on any atom is -0.383 e. The molecule has 0 bridgehead atoms. The van der Waals surface area contributed by atoms with Crippen LogP contribution in [0.1, 0.15) is 12.5 Å². The van der Waals surface area contributed by atoms with E-state index in [9.17, 15) is 0 Å². The highest BCUT2D eigenvalue weighted by molar-refractivity contribution is 5.29. The lowest BCUT2D eigenvalue weighted by atomic mass is 10.2. The Morgan fingerprint density at radius 1 is 1.33 bits per heavy atom. The minimum absolute atomic E-state index is 0.243. The third kappa shape index (κ3) is 3.34. The molecule has 0 aliphatic carbocycles. The highest BCUT2D eigenvalue weighted by Gasteiger charge is 2.07. The van der Waals surface area contributed by atoms with Crippen molar-refractivity contribution in [2.45, 2.75) is 19.5 Å². The predicted octanol–water partition coefficient (Wildman–Crippen LogP) is 2.38. The van der Waals surface area contributed by atoms with Crippen molar-refractivity contribution < 1.29 is 4.74 Å². The molecule has 2 rings (SSSR count). The van der Waals surface area contributed by atoms with E-state index in [0.717, 1.165) is 12.5 Å². The maximum absolute atomic E-state index is 5.11. The molecule has 1 N–H and O–H groups in total. The second kappa shape index (κ2) is 6.21. The van der Waals surface area contributed by atoms with E-state index >= 15 is 0 Å². The van der Waals surface area contributed by atoms with Gasteiger partial charge in [0, 0.05) is 25.5 Å². The number of hydrogen-bond donors (Lipinski definition) is 1. The molecular weight excluding hydrogens is 226 g/mol. The van der Waals surface area contributed by atoms with E-state index in [1.807, 2.05) is 30.6 Å². The molecule has 0 spiro atoms. The van der Waals surface area contributed by atoms with Gasteiger partial charge in [-0.15, -0.1) is 0 Å². The summed E-state index contributed by atoms with van der Waals surface area (Å²) in [7, 11) is 1.70. The van der Waals surface area contributed by atoms with Crippen molar-refractivity contribution in [1.82, 2.24) is 9.55 Å². The van der Waals surface area contributed by atoms with Crippen LogP contribution in [0.25, 0.3) is 0 Å². The summed E-state index contributed by atoms with van der Waals surface area (Å²) in [6.07, 6.45) is 3.79. The summed E-state index contributed by atoms with van der Waals surface area (Å²) in [5.41, 5.74) is 1.26. The number of benzene rings is 1. The molecule has 2 aromatic rings. The molecule has 0 amide bonds. The molecule has 1 aromatic carbocycles. The van der Waals surface area contributed by atoms with Crippen molar-refractivity contribution >= 4 is 5.95 Å². The lowest BCUT2D eigenvalue weighted by Crippen LogP contribution is -2.23. The lowest BCUT2D eigenvalue weighted by molar-refractivity contribution is 0.190. The fourth-order valence-corrected chi connectivity index (χ4v) is 1.87. The van der Waals surface area contributed by atoms with Gasteiger partial charge in [-0.05, 0) is 12.5 Å². The molecule has 1 unspecified atom stereocenters. The van der Waals surface area contributed by atoms with Crippen molar-refractivity contribution in [3.05, 3.63) is 48.3 Å². The number of nitrogens with one attached hydrogen (secondary N) is 1. The second-order valence-electron chi connectivity index (χ2n) is 4.37. The molecule has 18 heavy (non-hydrogen) atoms. The zero-order valence-electron chi connectivity index (χ0n) is 10.8. The van der Waals surface area contributed by atoms with Crippen molar-refractivity contribution in [3.8, 4) is 0 Å². The average molecular weight is 245 g/mol. The minimum atomic E-state index is 0.243. The highest BCUT2D eigenvalue weighted by atomic mass is 16.5. The molecule has 1 atom stereocenters. The van der Waals surface area contributed by atoms with E-state index in [4.69, 9.17) is 4.74 Å². The van der Waals surface area contributed by atoms with Crippen molar-refractivity contribution in [1.29, 1.82) is 0 Å². The zero-order valence-corrected chi connectivity index (χ0v) is 10.8. The molecule has 4 heteroatoms. The molecule has 1 aromatic heterocycles. The first kappa shape index (κ1) is 12.6. The maximum atomic E-state index is 5.11. The number of hydrogen-bond acceptors (Lipinski definition) is 3. The van der Waals surface area contributed by atoms with Crippen molar-refractivity contribution in [2.75, 3.05) is 19.0 Å². The molecule has 0 fully saturated rings. The number of methoxy groups -OCH3 is 1. The quantitative estimate of drug-likeness (QED) is 0.849. The Bertz CT molecular complexity index is 467. The summed E-state index contributed by atoms with van der Waals surface area (Å²) < 4.78 is 7.21. The van der Waals surface area contributed by atoms with Crippen LogP contribution in [0.5, 0.6) is 0 Å². The van der Waals surface area contributed by atoms with Crippen LogP contribution in [0.15, 0.2) is 42.7 Å². The van der Waals surface area contributed by atoms with Gasteiger partial charge in [0.05, 0.1) is 13.2 Å². The molecule has 0 saturated carbocycles. The summed E-state index contributed by atoms with van der Waals surface area (Å²) in [5, 5.41) is 3.34. The molecule has 96 valence electrons. The standard InChI is InChI=1S/C14H19N3O/c1-12(11-18-2)16-14-15-8-9-17(14)10-13-6-4-3-5-7-13/h3-9,12H,10-11H2,1-2H3,(H,15,16). The first-order valence-corrected chi connectivity index (χ1v) is 6.10. The van der Waals surface area contributed by atoms with Crippen LogP contribution in [0.2, 0.25) is 0 Å². The van der Waals surface area contributed by atoms with Crippen LogP contribution in [-0.4, -0.2) is 29.3 Å². The van der Waals surface area contributed by atoms with E-state index in [0.29, 0.717) is 6.61 Å². The van der Waals surface area contributed by atoms with E-state index in [-0.39, 0.29) is 6.04 Å². The monoisotopic (exact) mass is 245 g/mol. The Morgan fingerprint density at radius 3 is 2.83 bits per heavy atom. The van der Waals surface area contributed by atoms with Crippen LogP contribution in [0, 0.1) is 0 Å². The van der Waals surface area contributed by atoms with Gasteiger partial charge < -0.3 is 14.6 Å². The van der Waals surface area contributed by atoms with Crippen LogP contribution >= 0.6 is 0 Å². The maximum Gasteiger partial charge on any atom is 0.203 e. The van der Waals surface area contributed by atoms with Crippen LogP contribution in [-0.2, 0) is 11.3 Å². The fraction of sp³-hybridized carbons (Fsp3) is 0.357. The molecule has 4 nitrogen and oxygen atoms in total. The second-order valence-corrected chi connectivity index (χ2v) is 4.37. The van der Waals surface area contributed by atoms with Gasteiger partial charge in [-0.2, -0.15) is 0 Å². The third-order valence-electron chi connectivity index (χ3n) is 2.70. The van der Waals surface area contributed by atoms with Crippen molar-refractivity contribution in [3.63, 3.8) is 0 Å². The largest absolute Gasteiger partial charge is 0.383 e. The number of imidazole rings is 1. The normalized spacial score (nSPS) is 12.3. The van der Waals surface area contributed by atoms with E-state index < -0.39 is 0 Å². The van der Waals surface area contributed by atoms with E-state index in [1.165, 1.54) is 5.56 Å². The topological polar surface area (TPSA) is 39.1 Å². The summed E-state index contributed by atoms with van der Waals surface area (Å²) >= 11 is 0. The smallest absolute Gasteiger partial charge is 0.203 e. The Hall–Kier alpha value is -1.81. The average Bonchev–Trinajstić information content (AvgIpc) is 2.78. The summed E-state index contributed by atoms with van der Waals surface area (Å²) in [4.78, 5) is 4.33. The summed E-state index contributed by atoms with van der Waals surface area (Å²) in [6.45, 7) is 3.56. The predicted molar refractivity (Wildman–Crippen MR) is 72.7 cm³/mol. The van der Waals surface area contributed by atoms with E-state index in [1.54, 1.807) is 7.11 Å². The molecule has 0 aliphatic rings. The molecule has 0 aliphatic heterocycles. The number of nitrogens with zero attached hydrogens (tertiary/aromatic N) is 2.